The number of nitrogens with zero attached hydrogens (tertiary/aromatic N) is 1. The lowest BCUT2D eigenvalue weighted by molar-refractivity contribution is 0.565. The fourth-order valence-corrected chi connectivity index (χ4v) is 2.15. The summed E-state index contributed by atoms with van der Waals surface area (Å²) in [4.78, 5) is 4.53. The molecule has 0 bridgehead atoms. The largest absolute Gasteiger partial charge is 0.324 e. The van der Waals surface area contributed by atoms with Gasteiger partial charge in [0.25, 0.3) is 0 Å². The first-order valence-corrected chi connectivity index (χ1v) is 6.22. The zero-order valence-corrected chi connectivity index (χ0v) is 10.5. The van der Waals surface area contributed by atoms with Crippen LogP contribution in [0.1, 0.15) is 18.5 Å². The van der Waals surface area contributed by atoms with Gasteiger partial charge in [0.2, 0.25) is 0 Å². The standard InChI is InChI=1S/C13H12F2N2S/c1-8(16)9-2-5-13(17-7-9)18-12-4-3-10(14)6-11(12)15/h2-8H,16H2,1H3/t8-/m1/s1. The molecule has 2 rings (SSSR count). The number of rotatable bonds is 3. The molecule has 94 valence electrons. The minimum Gasteiger partial charge on any atom is -0.324 e. The summed E-state index contributed by atoms with van der Waals surface area (Å²) in [5.74, 6) is -1.17. The Morgan fingerprint density at radius 3 is 2.56 bits per heavy atom. The molecule has 5 heteroatoms. The summed E-state index contributed by atoms with van der Waals surface area (Å²) < 4.78 is 26.2. The maximum atomic E-state index is 13.4. The molecule has 1 heterocycles. The van der Waals surface area contributed by atoms with Crippen LogP contribution in [0.3, 0.4) is 0 Å². The highest BCUT2D eigenvalue weighted by Gasteiger charge is 2.07. The Labute approximate surface area is 108 Å². The third-order valence-electron chi connectivity index (χ3n) is 2.39. The molecule has 1 aromatic carbocycles. The number of hydrogen-bond donors (Lipinski definition) is 1. The molecule has 0 spiro atoms. The maximum Gasteiger partial charge on any atom is 0.140 e. The lowest BCUT2D eigenvalue weighted by Crippen LogP contribution is -2.04. The molecule has 0 fully saturated rings. The van der Waals surface area contributed by atoms with E-state index in [1.165, 1.54) is 12.1 Å². The van der Waals surface area contributed by atoms with Crippen LogP contribution < -0.4 is 5.73 Å². The molecule has 0 aliphatic rings. The smallest absolute Gasteiger partial charge is 0.140 e. The van der Waals surface area contributed by atoms with Crippen molar-refractivity contribution in [1.82, 2.24) is 4.98 Å². The van der Waals surface area contributed by atoms with Crippen molar-refractivity contribution in [3.05, 3.63) is 53.7 Å². The second kappa shape index (κ2) is 5.46. The van der Waals surface area contributed by atoms with Crippen LogP contribution in [0.4, 0.5) is 8.78 Å². The van der Waals surface area contributed by atoms with Gasteiger partial charge in [0, 0.05) is 23.2 Å². The first-order chi connectivity index (χ1) is 8.56. The molecule has 0 saturated carbocycles. The highest BCUT2D eigenvalue weighted by molar-refractivity contribution is 7.99. The van der Waals surface area contributed by atoms with Gasteiger partial charge in [-0.25, -0.2) is 13.8 Å². The molecule has 18 heavy (non-hydrogen) atoms. The molecule has 0 aliphatic heterocycles. The summed E-state index contributed by atoms with van der Waals surface area (Å²) >= 11 is 1.15. The number of benzene rings is 1. The Bertz CT molecular complexity index is 541. The van der Waals surface area contributed by atoms with Crippen LogP contribution in [0.5, 0.6) is 0 Å². The third-order valence-corrected chi connectivity index (χ3v) is 3.40. The van der Waals surface area contributed by atoms with E-state index >= 15 is 0 Å². The van der Waals surface area contributed by atoms with E-state index in [0.717, 1.165) is 23.4 Å². The van der Waals surface area contributed by atoms with E-state index in [9.17, 15) is 8.78 Å². The fraction of sp³-hybridized carbons (Fsp3) is 0.154. The normalized spacial score (nSPS) is 12.4. The Morgan fingerprint density at radius 1 is 1.22 bits per heavy atom. The van der Waals surface area contributed by atoms with Crippen LogP contribution in [0.15, 0.2) is 46.5 Å². The topological polar surface area (TPSA) is 38.9 Å². The first-order valence-electron chi connectivity index (χ1n) is 5.40. The monoisotopic (exact) mass is 266 g/mol. The van der Waals surface area contributed by atoms with Gasteiger partial charge in [0.15, 0.2) is 0 Å². The van der Waals surface area contributed by atoms with Crippen LogP contribution in [0.25, 0.3) is 0 Å². The van der Waals surface area contributed by atoms with Crippen LogP contribution >= 0.6 is 11.8 Å². The summed E-state index contributed by atoms with van der Waals surface area (Å²) in [5.41, 5.74) is 6.62. The molecule has 2 aromatic rings. The van der Waals surface area contributed by atoms with Crippen molar-refractivity contribution in [1.29, 1.82) is 0 Å². The van der Waals surface area contributed by atoms with Crippen molar-refractivity contribution in [2.24, 2.45) is 5.73 Å². The van der Waals surface area contributed by atoms with Gasteiger partial charge in [0.1, 0.15) is 16.7 Å². The predicted octanol–water partition coefficient (Wildman–Crippen LogP) is 3.53. The summed E-state index contributed by atoms with van der Waals surface area (Å²) in [6.07, 6.45) is 1.66. The van der Waals surface area contributed by atoms with E-state index in [1.54, 1.807) is 12.3 Å². The molecule has 0 unspecified atom stereocenters. The number of aromatic nitrogens is 1. The molecule has 0 radical (unpaired) electrons. The average Bonchev–Trinajstić information content (AvgIpc) is 2.33. The Kier molecular flexibility index (Phi) is 3.93. The first kappa shape index (κ1) is 13.0. The predicted molar refractivity (Wildman–Crippen MR) is 67.3 cm³/mol. The zero-order chi connectivity index (χ0) is 13.1. The van der Waals surface area contributed by atoms with Crippen molar-refractivity contribution in [2.75, 3.05) is 0 Å². The molecular formula is C13H12F2N2S. The number of halogens is 2. The number of hydrogen-bond acceptors (Lipinski definition) is 3. The highest BCUT2D eigenvalue weighted by Crippen LogP contribution is 2.29. The maximum absolute atomic E-state index is 13.4. The quantitative estimate of drug-likeness (QED) is 0.923. The average molecular weight is 266 g/mol. The fourth-order valence-electron chi connectivity index (χ4n) is 1.39. The van der Waals surface area contributed by atoms with E-state index in [0.29, 0.717) is 9.92 Å². The van der Waals surface area contributed by atoms with Gasteiger partial charge in [-0.3, -0.25) is 0 Å². The minimum atomic E-state index is -0.586. The third kappa shape index (κ3) is 3.05. The lowest BCUT2D eigenvalue weighted by Gasteiger charge is -2.06. The van der Waals surface area contributed by atoms with Crippen molar-refractivity contribution >= 4 is 11.8 Å². The summed E-state index contributed by atoms with van der Waals surface area (Å²) in [7, 11) is 0. The second-order valence-electron chi connectivity index (χ2n) is 3.90. The Morgan fingerprint density at radius 2 is 2.00 bits per heavy atom. The van der Waals surface area contributed by atoms with E-state index < -0.39 is 11.6 Å². The molecule has 1 aromatic heterocycles. The van der Waals surface area contributed by atoms with Gasteiger partial charge in [-0.1, -0.05) is 17.8 Å². The van der Waals surface area contributed by atoms with E-state index in [4.69, 9.17) is 5.73 Å². The van der Waals surface area contributed by atoms with E-state index in [-0.39, 0.29) is 6.04 Å². The summed E-state index contributed by atoms with van der Waals surface area (Å²) in [6, 6.07) is 7.02. The Hall–Kier alpha value is -1.46. The molecule has 0 aliphatic carbocycles. The van der Waals surface area contributed by atoms with Gasteiger partial charge in [-0.05, 0) is 30.7 Å². The number of pyridine rings is 1. The molecule has 2 N–H and O–H groups in total. The number of nitrogens with two attached hydrogens (primary N) is 1. The summed E-state index contributed by atoms with van der Waals surface area (Å²) in [6.45, 7) is 1.86. The molecule has 0 amide bonds. The van der Waals surface area contributed by atoms with Crippen molar-refractivity contribution in [3.8, 4) is 0 Å². The van der Waals surface area contributed by atoms with E-state index in [1.807, 2.05) is 13.0 Å². The van der Waals surface area contributed by atoms with Gasteiger partial charge in [-0.15, -0.1) is 0 Å². The van der Waals surface area contributed by atoms with Gasteiger partial charge in [0.05, 0.1) is 0 Å². The van der Waals surface area contributed by atoms with Crippen molar-refractivity contribution < 1.29 is 8.78 Å². The van der Waals surface area contributed by atoms with Gasteiger partial charge in [-0.2, -0.15) is 0 Å². The van der Waals surface area contributed by atoms with Gasteiger partial charge < -0.3 is 5.73 Å². The summed E-state index contributed by atoms with van der Waals surface area (Å²) in [5, 5.41) is 0.643. The minimum absolute atomic E-state index is 0.0842. The second-order valence-corrected chi connectivity index (χ2v) is 4.96. The van der Waals surface area contributed by atoms with Crippen molar-refractivity contribution in [3.63, 3.8) is 0 Å². The zero-order valence-electron chi connectivity index (χ0n) is 9.73. The molecule has 1 atom stereocenters. The van der Waals surface area contributed by atoms with Crippen LogP contribution in [-0.2, 0) is 0 Å². The van der Waals surface area contributed by atoms with Crippen LogP contribution in [0, 0.1) is 11.6 Å². The van der Waals surface area contributed by atoms with Crippen molar-refractivity contribution in [2.45, 2.75) is 22.9 Å². The Balaban J connectivity index is 2.18. The van der Waals surface area contributed by atoms with Crippen LogP contribution in [0.2, 0.25) is 0 Å². The SMILES string of the molecule is C[C@@H](N)c1ccc(Sc2ccc(F)cc2F)nc1. The van der Waals surface area contributed by atoms with E-state index in [2.05, 4.69) is 4.98 Å². The lowest BCUT2D eigenvalue weighted by atomic mass is 10.2. The molecular weight excluding hydrogens is 254 g/mol. The molecule has 2 nitrogen and oxygen atoms in total. The van der Waals surface area contributed by atoms with Crippen LogP contribution in [-0.4, -0.2) is 4.98 Å². The highest BCUT2D eigenvalue weighted by atomic mass is 32.2. The van der Waals surface area contributed by atoms with Gasteiger partial charge >= 0.3 is 0 Å². The molecule has 0 saturated heterocycles.